The first-order chi connectivity index (χ1) is 16.2. The Labute approximate surface area is 204 Å². The van der Waals surface area contributed by atoms with Crippen molar-refractivity contribution in [2.24, 2.45) is 0 Å². The summed E-state index contributed by atoms with van der Waals surface area (Å²) < 4.78 is 5.92. The van der Waals surface area contributed by atoms with E-state index in [1.807, 2.05) is 26.0 Å². The number of carbonyl (C=O) groups excluding carboxylic acids is 2. The summed E-state index contributed by atoms with van der Waals surface area (Å²) in [6.45, 7) is 3.80. The van der Waals surface area contributed by atoms with E-state index in [1.165, 1.54) is 31.4 Å². The van der Waals surface area contributed by atoms with Crippen molar-refractivity contribution >= 4 is 45.2 Å². The van der Waals surface area contributed by atoms with E-state index in [-0.39, 0.29) is 16.9 Å². The van der Waals surface area contributed by atoms with Crippen molar-refractivity contribution in [1.29, 1.82) is 0 Å². The van der Waals surface area contributed by atoms with E-state index in [4.69, 9.17) is 4.74 Å². The van der Waals surface area contributed by atoms with Crippen LogP contribution in [-0.2, 0) is 4.79 Å². The molecule has 0 saturated heterocycles. The van der Waals surface area contributed by atoms with Crippen molar-refractivity contribution in [1.82, 2.24) is 5.32 Å². The molecule has 0 saturated carbocycles. The highest BCUT2D eigenvalue weighted by Gasteiger charge is 2.19. The van der Waals surface area contributed by atoms with Crippen LogP contribution in [0.15, 0.2) is 70.8 Å². The highest BCUT2D eigenvalue weighted by Crippen LogP contribution is 2.24. The average molecular weight is 524 g/mol. The fourth-order valence-electron chi connectivity index (χ4n) is 3.24. The molecule has 0 atom stereocenters. The maximum atomic E-state index is 13.2. The number of benzene rings is 3. The van der Waals surface area contributed by atoms with E-state index in [0.29, 0.717) is 21.5 Å². The Morgan fingerprint density at radius 1 is 1.06 bits per heavy atom. The third-order valence-electron chi connectivity index (χ3n) is 4.92. The molecule has 3 rings (SSSR count). The van der Waals surface area contributed by atoms with Crippen molar-refractivity contribution in [3.05, 3.63) is 103 Å². The molecule has 0 fully saturated rings. The summed E-state index contributed by atoms with van der Waals surface area (Å²) in [4.78, 5) is 36.9. The van der Waals surface area contributed by atoms with Crippen LogP contribution in [0.1, 0.15) is 27.0 Å². The number of non-ortho nitro benzene ring substituents is 1. The maximum Gasteiger partial charge on any atom is 0.272 e. The molecule has 0 heterocycles. The average Bonchev–Trinajstić information content (AvgIpc) is 2.80. The molecule has 0 aliphatic carbocycles. The van der Waals surface area contributed by atoms with Crippen LogP contribution in [0.4, 0.5) is 11.4 Å². The van der Waals surface area contributed by atoms with Gasteiger partial charge in [0.25, 0.3) is 17.5 Å². The molecule has 0 bridgehead atoms. The number of hydrogen-bond acceptors (Lipinski definition) is 5. The molecule has 8 nitrogen and oxygen atoms in total. The molecule has 0 radical (unpaired) electrons. The summed E-state index contributed by atoms with van der Waals surface area (Å²) in [5, 5.41) is 16.6. The number of halogens is 1. The zero-order chi connectivity index (χ0) is 24.8. The number of nitro groups is 1. The number of methoxy groups -OCH3 is 1. The Morgan fingerprint density at radius 2 is 1.82 bits per heavy atom. The minimum atomic E-state index is -0.583. The normalized spacial score (nSPS) is 11.0. The van der Waals surface area contributed by atoms with Gasteiger partial charge in [0.2, 0.25) is 0 Å². The Balaban J connectivity index is 2.00. The number of anilines is 1. The summed E-state index contributed by atoms with van der Waals surface area (Å²) in [6, 6.07) is 16.2. The van der Waals surface area contributed by atoms with E-state index in [0.717, 1.165) is 11.1 Å². The van der Waals surface area contributed by atoms with Gasteiger partial charge in [-0.05, 0) is 55.3 Å². The quantitative estimate of drug-likeness (QED) is 0.245. The van der Waals surface area contributed by atoms with Gasteiger partial charge in [-0.15, -0.1) is 0 Å². The first-order valence-electron chi connectivity index (χ1n) is 10.2. The standard InChI is InChI=1S/C25H22BrN3O5/c1-15-7-9-21(16(2)11-15)27-25(31)22(13-17-5-4-6-19(12-17)29(32)33)28-24(30)20-14-18(26)8-10-23(20)34-3/h4-14H,1-3H3,(H,27,31)(H,28,30)/b22-13-. The van der Waals surface area contributed by atoms with Crippen LogP contribution in [0.3, 0.4) is 0 Å². The van der Waals surface area contributed by atoms with Crippen molar-refractivity contribution in [2.45, 2.75) is 13.8 Å². The number of ether oxygens (including phenoxy) is 1. The predicted octanol–water partition coefficient (Wildman–Crippen LogP) is 5.39. The van der Waals surface area contributed by atoms with Crippen LogP contribution in [0.25, 0.3) is 6.08 Å². The van der Waals surface area contributed by atoms with Gasteiger partial charge in [-0.25, -0.2) is 0 Å². The zero-order valence-corrected chi connectivity index (χ0v) is 20.3. The first-order valence-corrected chi connectivity index (χ1v) is 11.0. The van der Waals surface area contributed by atoms with Crippen LogP contribution in [0.5, 0.6) is 5.75 Å². The Hall–Kier alpha value is -3.98. The molecule has 0 aromatic heterocycles. The molecule has 0 spiro atoms. The van der Waals surface area contributed by atoms with Gasteiger partial charge in [0.1, 0.15) is 11.4 Å². The van der Waals surface area contributed by atoms with Crippen LogP contribution >= 0.6 is 15.9 Å². The SMILES string of the molecule is COc1ccc(Br)cc1C(=O)N/C(=C\c1cccc([N+](=O)[O-])c1)C(=O)Nc1ccc(C)cc1C. The molecule has 2 amide bonds. The summed E-state index contributed by atoms with van der Waals surface area (Å²) in [5.41, 5.74) is 2.83. The fraction of sp³-hybridized carbons (Fsp3) is 0.120. The molecule has 9 heteroatoms. The zero-order valence-electron chi connectivity index (χ0n) is 18.7. The van der Waals surface area contributed by atoms with Crippen LogP contribution in [0.2, 0.25) is 0 Å². The Kier molecular flexibility index (Phi) is 7.80. The molecule has 3 aromatic rings. The number of nitrogens with zero attached hydrogens (tertiary/aromatic N) is 1. The van der Waals surface area contributed by atoms with Crippen molar-refractivity contribution in [3.8, 4) is 5.75 Å². The molecule has 2 N–H and O–H groups in total. The topological polar surface area (TPSA) is 111 Å². The third kappa shape index (κ3) is 6.08. The fourth-order valence-corrected chi connectivity index (χ4v) is 3.61. The second-order valence-electron chi connectivity index (χ2n) is 7.48. The van der Waals surface area contributed by atoms with Gasteiger partial charge in [0.15, 0.2) is 0 Å². The number of carbonyl (C=O) groups is 2. The number of rotatable bonds is 7. The van der Waals surface area contributed by atoms with E-state index in [1.54, 1.807) is 30.3 Å². The number of nitro benzene ring substituents is 1. The third-order valence-corrected chi connectivity index (χ3v) is 5.41. The van der Waals surface area contributed by atoms with E-state index >= 15 is 0 Å². The van der Waals surface area contributed by atoms with Gasteiger partial charge < -0.3 is 15.4 Å². The van der Waals surface area contributed by atoms with E-state index in [2.05, 4.69) is 26.6 Å². The molecule has 3 aromatic carbocycles. The monoisotopic (exact) mass is 523 g/mol. The highest BCUT2D eigenvalue weighted by atomic mass is 79.9. The van der Waals surface area contributed by atoms with Crippen molar-refractivity contribution in [2.75, 3.05) is 12.4 Å². The second-order valence-corrected chi connectivity index (χ2v) is 8.40. The summed E-state index contributed by atoms with van der Waals surface area (Å²) in [5.74, 6) is -0.837. The number of hydrogen-bond donors (Lipinski definition) is 2. The van der Waals surface area contributed by atoms with Gasteiger partial charge >= 0.3 is 0 Å². The van der Waals surface area contributed by atoms with Gasteiger partial charge in [0, 0.05) is 22.3 Å². The summed E-state index contributed by atoms with van der Waals surface area (Å²) in [7, 11) is 1.44. The van der Waals surface area contributed by atoms with Gasteiger partial charge in [0.05, 0.1) is 17.6 Å². The smallest absolute Gasteiger partial charge is 0.272 e. The maximum absolute atomic E-state index is 13.2. The van der Waals surface area contributed by atoms with Crippen LogP contribution in [-0.4, -0.2) is 23.8 Å². The minimum absolute atomic E-state index is 0.0903. The number of amides is 2. The molecule has 34 heavy (non-hydrogen) atoms. The lowest BCUT2D eigenvalue weighted by atomic mass is 10.1. The van der Waals surface area contributed by atoms with Crippen molar-refractivity contribution < 1.29 is 19.2 Å². The highest BCUT2D eigenvalue weighted by molar-refractivity contribution is 9.10. The molecular weight excluding hydrogens is 502 g/mol. The minimum Gasteiger partial charge on any atom is -0.496 e. The van der Waals surface area contributed by atoms with Crippen molar-refractivity contribution in [3.63, 3.8) is 0 Å². The van der Waals surface area contributed by atoms with Gasteiger partial charge in [-0.1, -0.05) is 45.8 Å². The molecule has 0 aliphatic rings. The predicted molar refractivity (Wildman–Crippen MR) is 134 cm³/mol. The lowest BCUT2D eigenvalue weighted by Crippen LogP contribution is -2.31. The number of aryl methyl sites for hydroxylation is 2. The lowest BCUT2D eigenvalue weighted by molar-refractivity contribution is -0.384. The number of nitrogens with one attached hydrogen (secondary N) is 2. The Morgan fingerprint density at radius 3 is 2.50 bits per heavy atom. The largest absolute Gasteiger partial charge is 0.496 e. The molecule has 0 unspecified atom stereocenters. The van der Waals surface area contributed by atoms with Crippen LogP contribution < -0.4 is 15.4 Å². The Bertz CT molecular complexity index is 1300. The van der Waals surface area contributed by atoms with E-state index in [9.17, 15) is 19.7 Å². The molecular formula is C25H22BrN3O5. The first kappa shape index (κ1) is 24.7. The molecule has 174 valence electrons. The molecule has 0 aliphatic heterocycles. The van der Waals surface area contributed by atoms with Gasteiger partial charge in [-0.3, -0.25) is 19.7 Å². The summed E-state index contributed by atoms with van der Waals surface area (Å²) in [6.07, 6.45) is 1.38. The van der Waals surface area contributed by atoms with E-state index < -0.39 is 16.7 Å². The summed E-state index contributed by atoms with van der Waals surface area (Å²) >= 11 is 3.33. The second kappa shape index (κ2) is 10.8. The lowest BCUT2D eigenvalue weighted by Gasteiger charge is -2.14. The van der Waals surface area contributed by atoms with Crippen LogP contribution in [0, 0.1) is 24.0 Å². The van der Waals surface area contributed by atoms with Gasteiger partial charge in [-0.2, -0.15) is 0 Å².